The molecule has 1 rings (SSSR count). The minimum absolute atomic E-state index is 0.00917. The Hall–Kier alpha value is -3.01. The number of hydrogen-bond donors (Lipinski definition) is 7. The third kappa shape index (κ3) is 30.2. The predicted molar refractivity (Wildman–Crippen MR) is 250 cm³/mol. The highest BCUT2D eigenvalue weighted by molar-refractivity contribution is 7.47. The van der Waals surface area contributed by atoms with Gasteiger partial charge in [0, 0.05) is 12.8 Å². The molecule has 0 bridgehead atoms. The molecule has 1 aliphatic carbocycles. The summed E-state index contributed by atoms with van der Waals surface area (Å²) in [5, 5.41) is 59.9. The van der Waals surface area contributed by atoms with Gasteiger partial charge in [0.05, 0.1) is 12.7 Å². The first-order valence-corrected chi connectivity index (χ1v) is 25.0. The van der Waals surface area contributed by atoms with Crippen molar-refractivity contribution in [3.63, 3.8) is 0 Å². The zero-order chi connectivity index (χ0) is 47.3. The van der Waals surface area contributed by atoms with Gasteiger partial charge in [-0.05, 0) is 83.5 Å². The summed E-state index contributed by atoms with van der Waals surface area (Å²) in [6.45, 7) is 2.99. The molecule has 64 heavy (non-hydrogen) atoms. The van der Waals surface area contributed by atoms with Gasteiger partial charge >= 0.3 is 19.8 Å². The molecule has 0 aromatic rings. The fraction of sp³-hybridized carbons (Fsp3) is 0.673. The molecule has 0 spiro atoms. The van der Waals surface area contributed by atoms with E-state index in [1.807, 2.05) is 36.5 Å². The summed E-state index contributed by atoms with van der Waals surface area (Å²) >= 11 is 0. The number of esters is 2. The molecule has 0 amide bonds. The van der Waals surface area contributed by atoms with E-state index in [0.717, 1.165) is 51.4 Å². The molecule has 7 N–H and O–H groups in total. The molecule has 1 fully saturated rings. The summed E-state index contributed by atoms with van der Waals surface area (Å²) in [4.78, 5) is 35.7. The lowest BCUT2D eigenvalue weighted by atomic mass is 9.85. The third-order valence-corrected chi connectivity index (χ3v) is 11.3. The average Bonchev–Trinajstić information content (AvgIpc) is 3.27. The van der Waals surface area contributed by atoms with Crippen LogP contribution in [0.1, 0.15) is 149 Å². The van der Waals surface area contributed by atoms with Crippen LogP contribution < -0.4 is 0 Å². The van der Waals surface area contributed by atoms with Crippen LogP contribution in [0.5, 0.6) is 0 Å². The first kappa shape index (κ1) is 59.0. The smallest absolute Gasteiger partial charge is 0.462 e. The minimum Gasteiger partial charge on any atom is -0.462 e. The van der Waals surface area contributed by atoms with Gasteiger partial charge in [0.2, 0.25) is 0 Å². The number of carbonyl (C=O) groups excluding carboxylic acids is 2. The largest absolute Gasteiger partial charge is 0.472 e. The van der Waals surface area contributed by atoms with E-state index in [1.165, 1.54) is 38.5 Å². The number of allylic oxidation sites excluding steroid dienone is 13. The van der Waals surface area contributed by atoms with Crippen molar-refractivity contribution in [3.05, 3.63) is 85.1 Å². The van der Waals surface area contributed by atoms with Crippen molar-refractivity contribution >= 4 is 19.8 Å². The van der Waals surface area contributed by atoms with Gasteiger partial charge in [-0.25, -0.2) is 4.57 Å². The van der Waals surface area contributed by atoms with E-state index in [0.29, 0.717) is 32.1 Å². The number of unbranched alkanes of at least 4 members (excludes halogenated alkanes) is 8. The van der Waals surface area contributed by atoms with Gasteiger partial charge in [-0.2, -0.15) is 0 Å². The SMILES string of the molecule is CCCCCCCC/C=C\C/C=C\C/C=C\CCCC(=O)OC[C@H](COP(=O)(O)OC1[C@H](O)[C@H](O)C(O)[C@H](O)[C@H]1O)OC(=O)CCC/C=C\C/C=C\C/C=C\C/C=C\CC(O)CCC. The Morgan fingerprint density at radius 2 is 0.984 bits per heavy atom. The topological polar surface area (TPSA) is 230 Å². The molecule has 4 unspecified atom stereocenters. The average molecular weight is 925 g/mol. The molecule has 15 heteroatoms. The van der Waals surface area contributed by atoms with Crippen LogP contribution in [-0.4, -0.2) is 110 Å². The van der Waals surface area contributed by atoms with E-state index >= 15 is 0 Å². The summed E-state index contributed by atoms with van der Waals surface area (Å²) in [5.41, 5.74) is 0. The van der Waals surface area contributed by atoms with Crippen molar-refractivity contribution in [1.82, 2.24) is 0 Å². The number of aliphatic hydroxyl groups excluding tert-OH is 6. The maximum Gasteiger partial charge on any atom is 0.472 e. The maximum atomic E-state index is 12.8. The molecule has 1 saturated carbocycles. The number of phosphoric acid groups is 1. The molecule has 0 saturated heterocycles. The second kappa shape index (κ2) is 38.1. The van der Waals surface area contributed by atoms with E-state index in [2.05, 4.69) is 62.5 Å². The molecule has 0 aromatic carbocycles. The first-order chi connectivity index (χ1) is 30.8. The van der Waals surface area contributed by atoms with Crippen LogP contribution in [0.3, 0.4) is 0 Å². The zero-order valence-corrected chi connectivity index (χ0v) is 39.3. The molecule has 366 valence electrons. The van der Waals surface area contributed by atoms with Gasteiger partial charge in [-0.15, -0.1) is 0 Å². The standard InChI is InChI=1S/C49H81O14P/c1-3-5-6-7-8-9-10-11-12-13-14-17-20-23-26-29-32-36-42(51)60-38-41(39-61-64(58,59)63-49-47(56)45(54)44(53)46(55)48(49)57)62-43(52)37-33-30-27-24-21-18-15-16-19-22-25-28-31-35-40(50)34-4-2/h11-12,14-15,17-19,22-24,26-28,31,40-41,44-50,53-57H,3-10,13,16,20-21,25,29-30,32-39H2,1-2H3,(H,58,59)/b12-11-,17-14-,18-15-,22-19-,26-23-,27-24-,31-28-/t40?,41-,44?,45-,46+,47-,48-,49?/m1/s1. The van der Waals surface area contributed by atoms with Gasteiger partial charge in [0.1, 0.15) is 43.2 Å². The van der Waals surface area contributed by atoms with Crippen molar-refractivity contribution in [3.8, 4) is 0 Å². The lowest BCUT2D eigenvalue weighted by Crippen LogP contribution is -2.64. The van der Waals surface area contributed by atoms with Gasteiger partial charge < -0.3 is 45.0 Å². The maximum absolute atomic E-state index is 12.8. The van der Waals surface area contributed by atoms with Crippen molar-refractivity contribution in [2.24, 2.45) is 0 Å². The number of rotatable bonds is 37. The Morgan fingerprint density at radius 1 is 0.547 bits per heavy atom. The van der Waals surface area contributed by atoms with Gasteiger partial charge in [-0.1, -0.05) is 137 Å². The monoisotopic (exact) mass is 925 g/mol. The summed E-state index contributed by atoms with van der Waals surface area (Å²) < 4.78 is 33.4. The number of aliphatic hydroxyl groups is 6. The number of carbonyl (C=O) groups is 2. The molecule has 0 aliphatic heterocycles. The van der Waals surface area contributed by atoms with Crippen LogP contribution in [-0.2, 0) is 32.7 Å². The molecule has 0 aromatic heterocycles. The predicted octanol–water partition coefficient (Wildman–Crippen LogP) is 8.25. The fourth-order valence-electron chi connectivity index (χ4n) is 6.49. The lowest BCUT2D eigenvalue weighted by molar-refractivity contribution is -0.220. The fourth-order valence-corrected chi connectivity index (χ4v) is 7.46. The minimum atomic E-state index is -5.16. The Balaban J connectivity index is 2.55. The Bertz CT molecular complexity index is 1460. The second-order valence-electron chi connectivity index (χ2n) is 16.1. The highest BCUT2D eigenvalue weighted by atomic mass is 31.2. The summed E-state index contributed by atoms with van der Waals surface area (Å²) in [5.74, 6) is -1.25. The number of ether oxygens (including phenoxy) is 2. The van der Waals surface area contributed by atoms with E-state index in [-0.39, 0.29) is 18.9 Å². The van der Waals surface area contributed by atoms with E-state index in [9.17, 15) is 49.7 Å². The van der Waals surface area contributed by atoms with E-state index in [1.54, 1.807) is 0 Å². The summed E-state index contributed by atoms with van der Waals surface area (Å²) in [6.07, 6.45) is 32.8. The van der Waals surface area contributed by atoms with Crippen LogP contribution in [0.4, 0.5) is 0 Å². The molecular weight excluding hydrogens is 843 g/mol. The van der Waals surface area contributed by atoms with Crippen molar-refractivity contribution < 1.29 is 68.2 Å². The quantitative estimate of drug-likeness (QED) is 0.0135. The number of phosphoric ester groups is 1. The highest BCUT2D eigenvalue weighted by Crippen LogP contribution is 2.47. The van der Waals surface area contributed by atoms with Crippen LogP contribution in [0.15, 0.2) is 85.1 Å². The Kier molecular flexibility index (Phi) is 35.2. The van der Waals surface area contributed by atoms with E-state index in [4.69, 9.17) is 18.5 Å². The van der Waals surface area contributed by atoms with Gasteiger partial charge in [-0.3, -0.25) is 18.6 Å². The Labute approximate surface area is 382 Å². The lowest BCUT2D eigenvalue weighted by Gasteiger charge is -2.41. The third-order valence-electron chi connectivity index (χ3n) is 10.3. The molecule has 9 atom stereocenters. The molecule has 0 heterocycles. The van der Waals surface area contributed by atoms with E-state index < -0.39 is 75.7 Å². The molecule has 0 radical (unpaired) electrons. The normalized spacial score (nSPS) is 22.8. The van der Waals surface area contributed by atoms with Crippen molar-refractivity contribution in [1.29, 1.82) is 0 Å². The van der Waals surface area contributed by atoms with Crippen LogP contribution in [0.2, 0.25) is 0 Å². The van der Waals surface area contributed by atoms with Crippen molar-refractivity contribution in [2.45, 2.75) is 198 Å². The molecule has 1 aliphatic rings. The second-order valence-corrected chi connectivity index (χ2v) is 17.5. The van der Waals surface area contributed by atoms with Crippen LogP contribution >= 0.6 is 7.82 Å². The Morgan fingerprint density at radius 3 is 1.50 bits per heavy atom. The zero-order valence-electron chi connectivity index (χ0n) is 38.4. The summed E-state index contributed by atoms with van der Waals surface area (Å²) in [7, 11) is -5.16. The van der Waals surface area contributed by atoms with Crippen molar-refractivity contribution in [2.75, 3.05) is 13.2 Å². The van der Waals surface area contributed by atoms with Crippen LogP contribution in [0, 0.1) is 0 Å². The molecular formula is C49H81O14P. The highest BCUT2D eigenvalue weighted by Gasteiger charge is 2.51. The molecule has 14 nitrogen and oxygen atoms in total. The number of hydrogen-bond acceptors (Lipinski definition) is 13. The van der Waals surface area contributed by atoms with Gasteiger partial charge in [0.15, 0.2) is 6.10 Å². The van der Waals surface area contributed by atoms with Crippen LogP contribution in [0.25, 0.3) is 0 Å². The van der Waals surface area contributed by atoms with Gasteiger partial charge in [0.25, 0.3) is 0 Å². The first-order valence-electron chi connectivity index (χ1n) is 23.5. The summed E-state index contributed by atoms with van der Waals surface area (Å²) in [6, 6.07) is 0.